The molecular weight excluding hydrogens is 346 g/mol. The first-order valence-corrected chi connectivity index (χ1v) is 9.51. The van der Waals surface area contributed by atoms with Crippen LogP contribution in [0.5, 0.6) is 0 Å². The maximum absolute atomic E-state index is 12.5. The number of hydrogen-bond acceptors (Lipinski definition) is 6. The van der Waals surface area contributed by atoms with Crippen LogP contribution in [0.2, 0.25) is 0 Å². The second kappa shape index (κ2) is 7.01. The average molecular weight is 367 g/mol. The number of piperazine rings is 1. The van der Waals surface area contributed by atoms with Gasteiger partial charge in [0.15, 0.2) is 0 Å². The summed E-state index contributed by atoms with van der Waals surface area (Å²) in [5, 5.41) is 0.887. The van der Waals surface area contributed by atoms with Gasteiger partial charge in [0.05, 0.1) is 16.9 Å². The summed E-state index contributed by atoms with van der Waals surface area (Å²) in [5.41, 5.74) is 6.94. The molecule has 0 atom stereocenters. The number of benzene rings is 1. The van der Waals surface area contributed by atoms with E-state index < -0.39 is 0 Å². The molecule has 7 heteroatoms. The van der Waals surface area contributed by atoms with Crippen molar-refractivity contribution in [1.82, 2.24) is 19.8 Å². The molecule has 6 nitrogen and oxygen atoms in total. The molecule has 2 aromatic heterocycles. The second-order valence-electron chi connectivity index (χ2n) is 6.52. The van der Waals surface area contributed by atoms with Crippen molar-refractivity contribution in [1.29, 1.82) is 0 Å². The smallest absolute Gasteiger partial charge is 0.264 e. The highest BCUT2D eigenvalue weighted by molar-refractivity contribution is 7.13. The van der Waals surface area contributed by atoms with Crippen molar-refractivity contribution < 1.29 is 4.79 Å². The quantitative estimate of drug-likeness (QED) is 0.770. The van der Waals surface area contributed by atoms with E-state index in [1.807, 2.05) is 48.2 Å². The third-order valence-electron chi connectivity index (χ3n) is 4.65. The molecule has 1 aliphatic heterocycles. The topological polar surface area (TPSA) is 75.4 Å². The van der Waals surface area contributed by atoms with Crippen LogP contribution in [0, 0.1) is 6.92 Å². The van der Waals surface area contributed by atoms with Gasteiger partial charge in [-0.3, -0.25) is 9.69 Å². The summed E-state index contributed by atoms with van der Waals surface area (Å²) < 4.78 is 0. The molecule has 2 N–H and O–H groups in total. The van der Waals surface area contributed by atoms with Gasteiger partial charge in [-0.25, -0.2) is 9.97 Å². The molecule has 0 spiro atoms. The van der Waals surface area contributed by atoms with E-state index in [2.05, 4.69) is 14.9 Å². The molecule has 4 rings (SSSR count). The Kier molecular flexibility index (Phi) is 4.57. The van der Waals surface area contributed by atoms with Crippen molar-refractivity contribution in [3.63, 3.8) is 0 Å². The lowest BCUT2D eigenvalue weighted by Gasteiger charge is -2.34. The molecule has 0 saturated carbocycles. The SMILES string of the molecule is Cc1ccc(C(=O)N2CCN(Cc3nc(N)c4ccccc4n3)CC2)s1. The zero-order chi connectivity index (χ0) is 18.1. The molecule has 0 bridgehead atoms. The Morgan fingerprint density at radius 2 is 1.88 bits per heavy atom. The molecule has 0 unspecified atom stereocenters. The molecule has 1 fully saturated rings. The number of para-hydroxylation sites is 1. The first-order chi connectivity index (χ1) is 12.6. The monoisotopic (exact) mass is 367 g/mol. The van der Waals surface area contributed by atoms with Crippen molar-refractivity contribution in [3.05, 3.63) is 52.0 Å². The van der Waals surface area contributed by atoms with Crippen molar-refractivity contribution in [3.8, 4) is 0 Å². The zero-order valence-electron chi connectivity index (χ0n) is 14.7. The maximum atomic E-state index is 12.5. The molecule has 1 amide bonds. The fourth-order valence-corrected chi connectivity index (χ4v) is 4.07. The standard InChI is InChI=1S/C19H21N5OS/c1-13-6-7-16(26-13)19(25)24-10-8-23(9-11-24)12-17-21-15-5-3-2-4-14(15)18(20)22-17/h2-7H,8-12H2,1H3,(H2,20,21,22). The molecule has 134 valence electrons. The van der Waals surface area contributed by atoms with Crippen LogP contribution in [0.25, 0.3) is 10.9 Å². The van der Waals surface area contributed by atoms with E-state index >= 15 is 0 Å². The lowest BCUT2D eigenvalue weighted by molar-refractivity contribution is 0.0630. The molecular formula is C19H21N5OS. The van der Waals surface area contributed by atoms with Crippen LogP contribution in [0.4, 0.5) is 5.82 Å². The summed E-state index contributed by atoms with van der Waals surface area (Å²) in [4.78, 5) is 27.8. The van der Waals surface area contributed by atoms with Gasteiger partial charge in [-0.05, 0) is 31.2 Å². The third-order valence-corrected chi connectivity index (χ3v) is 5.64. The van der Waals surface area contributed by atoms with Crippen molar-refractivity contribution >= 4 is 34.0 Å². The minimum Gasteiger partial charge on any atom is -0.383 e. The minimum absolute atomic E-state index is 0.133. The summed E-state index contributed by atoms with van der Waals surface area (Å²) in [6.07, 6.45) is 0. The Hall–Kier alpha value is -2.51. The highest BCUT2D eigenvalue weighted by Crippen LogP contribution is 2.20. The van der Waals surface area contributed by atoms with Gasteiger partial charge in [0.2, 0.25) is 0 Å². The molecule has 0 radical (unpaired) electrons. The summed E-state index contributed by atoms with van der Waals surface area (Å²) in [6.45, 7) is 5.74. The van der Waals surface area contributed by atoms with Crippen LogP contribution < -0.4 is 5.73 Å². The number of fused-ring (bicyclic) bond motifs is 1. The molecule has 0 aliphatic carbocycles. The first-order valence-electron chi connectivity index (χ1n) is 8.69. The van der Waals surface area contributed by atoms with E-state index in [9.17, 15) is 4.79 Å². The van der Waals surface area contributed by atoms with E-state index in [-0.39, 0.29) is 5.91 Å². The molecule has 1 aromatic carbocycles. The van der Waals surface area contributed by atoms with Gasteiger partial charge in [-0.2, -0.15) is 0 Å². The predicted octanol–water partition coefficient (Wildman–Crippen LogP) is 2.54. The van der Waals surface area contributed by atoms with Crippen LogP contribution in [0.1, 0.15) is 20.4 Å². The lowest BCUT2D eigenvalue weighted by atomic mass is 10.2. The Labute approximate surface area is 156 Å². The maximum Gasteiger partial charge on any atom is 0.264 e. The number of anilines is 1. The predicted molar refractivity (Wildman–Crippen MR) is 104 cm³/mol. The van der Waals surface area contributed by atoms with Gasteiger partial charge in [0, 0.05) is 36.4 Å². The number of aryl methyl sites for hydroxylation is 1. The number of carbonyl (C=O) groups excluding carboxylic acids is 1. The fourth-order valence-electron chi connectivity index (χ4n) is 3.24. The summed E-state index contributed by atoms with van der Waals surface area (Å²) in [7, 11) is 0. The number of aromatic nitrogens is 2. The molecule has 1 aliphatic rings. The third kappa shape index (κ3) is 3.40. The van der Waals surface area contributed by atoms with Gasteiger partial charge in [-0.1, -0.05) is 12.1 Å². The average Bonchev–Trinajstić information content (AvgIpc) is 3.08. The van der Waals surface area contributed by atoms with Gasteiger partial charge >= 0.3 is 0 Å². The normalized spacial score (nSPS) is 15.5. The largest absolute Gasteiger partial charge is 0.383 e. The number of nitrogens with zero attached hydrogens (tertiary/aromatic N) is 4. The van der Waals surface area contributed by atoms with E-state index in [4.69, 9.17) is 5.73 Å². The number of nitrogen functional groups attached to an aromatic ring is 1. The summed E-state index contributed by atoms with van der Waals surface area (Å²) in [5.74, 6) is 1.39. The summed E-state index contributed by atoms with van der Waals surface area (Å²) in [6, 6.07) is 11.7. The Bertz CT molecular complexity index is 946. The van der Waals surface area contributed by atoms with Gasteiger partial charge in [0.25, 0.3) is 5.91 Å². The highest BCUT2D eigenvalue weighted by atomic mass is 32.1. The van der Waals surface area contributed by atoms with Gasteiger partial charge < -0.3 is 10.6 Å². The number of carbonyl (C=O) groups is 1. The van der Waals surface area contributed by atoms with Gasteiger partial charge in [0.1, 0.15) is 11.6 Å². The van der Waals surface area contributed by atoms with E-state index in [1.54, 1.807) is 11.3 Å². The van der Waals surface area contributed by atoms with Gasteiger partial charge in [-0.15, -0.1) is 11.3 Å². The van der Waals surface area contributed by atoms with Crippen molar-refractivity contribution in [2.45, 2.75) is 13.5 Å². The zero-order valence-corrected chi connectivity index (χ0v) is 15.5. The Morgan fingerprint density at radius 3 is 2.62 bits per heavy atom. The lowest BCUT2D eigenvalue weighted by Crippen LogP contribution is -2.48. The number of thiophene rings is 1. The van der Waals surface area contributed by atoms with Crippen LogP contribution in [-0.4, -0.2) is 51.9 Å². The Morgan fingerprint density at radius 1 is 1.12 bits per heavy atom. The van der Waals surface area contributed by atoms with E-state index in [0.717, 1.165) is 52.7 Å². The minimum atomic E-state index is 0.133. The highest BCUT2D eigenvalue weighted by Gasteiger charge is 2.23. The first kappa shape index (κ1) is 16.9. The van der Waals surface area contributed by atoms with Crippen LogP contribution in [0.3, 0.4) is 0 Å². The van der Waals surface area contributed by atoms with Crippen LogP contribution in [0.15, 0.2) is 36.4 Å². The number of nitrogens with two attached hydrogens (primary N) is 1. The molecule has 26 heavy (non-hydrogen) atoms. The number of amides is 1. The van der Waals surface area contributed by atoms with Crippen molar-refractivity contribution in [2.24, 2.45) is 0 Å². The second-order valence-corrected chi connectivity index (χ2v) is 7.81. The molecule has 3 heterocycles. The van der Waals surface area contributed by atoms with E-state index in [0.29, 0.717) is 12.4 Å². The molecule has 1 saturated heterocycles. The Balaban J connectivity index is 1.40. The number of rotatable bonds is 3. The molecule has 3 aromatic rings. The van der Waals surface area contributed by atoms with Crippen LogP contribution in [-0.2, 0) is 6.54 Å². The fraction of sp³-hybridized carbons (Fsp3) is 0.316. The summed E-state index contributed by atoms with van der Waals surface area (Å²) >= 11 is 1.56. The van der Waals surface area contributed by atoms with Crippen LogP contribution >= 0.6 is 11.3 Å². The number of hydrogen-bond donors (Lipinski definition) is 1. The van der Waals surface area contributed by atoms with Crippen molar-refractivity contribution in [2.75, 3.05) is 31.9 Å². The van der Waals surface area contributed by atoms with E-state index in [1.165, 1.54) is 0 Å².